The normalized spacial score (nSPS) is 10.9. The van der Waals surface area contributed by atoms with Gasteiger partial charge in [-0.1, -0.05) is 0 Å². The molecule has 5 nitrogen and oxygen atoms in total. The Labute approximate surface area is 96.2 Å². The molecular weight excluding hydrogens is 210 g/mol. The van der Waals surface area contributed by atoms with Crippen LogP contribution in [-0.4, -0.2) is 36.2 Å². The Hall–Kier alpha value is -1.10. The quantitative estimate of drug-likeness (QED) is 0.487. The number of aldehydes is 1. The molecule has 0 saturated heterocycles. The Kier molecular flexibility index (Phi) is 7.54. The van der Waals surface area contributed by atoms with E-state index in [-0.39, 0.29) is 13.2 Å². The molecule has 16 heavy (non-hydrogen) atoms. The van der Waals surface area contributed by atoms with E-state index in [0.29, 0.717) is 12.8 Å². The molecule has 0 aliphatic carbocycles. The molecule has 0 radical (unpaired) electrons. The van der Waals surface area contributed by atoms with Crippen molar-refractivity contribution in [2.45, 2.75) is 45.1 Å². The van der Waals surface area contributed by atoms with Gasteiger partial charge in [-0.15, -0.1) is 0 Å². The maximum atomic E-state index is 11.2. The molecule has 0 aromatic carbocycles. The van der Waals surface area contributed by atoms with E-state index >= 15 is 0 Å². The van der Waals surface area contributed by atoms with E-state index in [1.165, 1.54) is 0 Å². The number of nitrogens with one attached hydrogen (secondary N) is 1. The molecule has 0 aromatic rings. The Morgan fingerprint density at radius 3 is 2.69 bits per heavy atom. The molecule has 2 N–H and O–H groups in total. The van der Waals surface area contributed by atoms with Crippen LogP contribution >= 0.6 is 0 Å². The van der Waals surface area contributed by atoms with Gasteiger partial charge in [0.2, 0.25) is 0 Å². The zero-order valence-electron chi connectivity index (χ0n) is 9.99. The van der Waals surface area contributed by atoms with E-state index in [9.17, 15) is 9.59 Å². The Bertz CT molecular complexity index is 216. The van der Waals surface area contributed by atoms with Crippen molar-refractivity contribution in [3.63, 3.8) is 0 Å². The molecule has 0 aliphatic rings. The predicted molar refractivity (Wildman–Crippen MR) is 60.2 cm³/mol. The third-order valence-electron chi connectivity index (χ3n) is 2.10. The number of aliphatic hydroxyl groups excluding tert-OH is 1. The first kappa shape index (κ1) is 14.9. The number of alkyl carbamates (subject to hydrolysis) is 1. The van der Waals surface area contributed by atoms with Crippen LogP contribution < -0.4 is 5.32 Å². The number of hydrogen-bond donors (Lipinski definition) is 2. The zero-order valence-corrected chi connectivity index (χ0v) is 9.99. The van der Waals surface area contributed by atoms with Crippen LogP contribution in [-0.2, 0) is 9.53 Å². The molecule has 0 saturated carbocycles. The minimum Gasteiger partial charge on any atom is -0.444 e. The van der Waals surface area contributed by atoms with Gasteiger partial charge in [0.25, 0.3) is 0 Å². The molecule has 0 atom stereocenters. The first-order valence-corrected chi connectivity index (χ1v) is 5.53. The Morgan fingerprint density at radius 1 is 1.44 bits per heavy atom. The topological polar surface area (TPSA) is 75.6 Å². The fourth-order valence-corrected chi connectivity index (χ4v) is 1.27. The minimum absolute atomic E-state index is 0.102. The van der Waals surface area contributed by atoms with E-state index in [0.717, 1.165) is 19.1 Å². The average molecular weight is 231 g/mol. The second kappa shape index (κ2) is 8.10. The van der Waals surface area contributed by atoms with Crippen molar-refractivity contribution < 1.29 is 19.4 Å². The SMILES string of the molecule is CC(C)(CCCCC=O)OC(=O)NCCO. The van der Waals surface area contributed by atoms with Gasteiger partial charge in [0, 0.05) is 13.0 Å². The van der Waals surface area contributed by atoms with Crippen LogP contribution in [0.4, 0.5) is 4.79 Å². The van der Waals surface area contributed by atoms with Gasteiger partial charge < -0.3 is 20.0 Å². The molecule has 0 rings (SSSR count). The summed E-state index contributed by atoms with van der Waals surface area (Å²) < 4.78 is 5.17. The van der Waals surface area contributed by atoms with Crippen molar-refractivity contribution in [3.8, 4) is 0 Å². The number of ether oxygens (including phenoxy) is 1. The first-order valence-electron chi connectivity index (χ1n) is 5.53. The van der Waals surface area contributed by atoms with E-state index in [2.05, 4.69) is 5.32 Å². The van der Waals surface area contributed by atoms with Gasteiger partial charge in [-0.25, -0.2) is 4.79 Å². The lowest BCUT2D eigenvalue weighted by atomic mass is 10.0. The Balaban J connectivity index is 3.75. The van der Waals surface area contributed by atoms with Crippen molar-refractivity contribution in [3.05, 3.63) is 0 Å². The summed E-state index contributed by atoms with van der Waals surface area (Å²) in [5, 5.41) is 10.9. The number of amides is 1. The fraction of sp³-hybridized carbons (Fsp3) is 0.818. The molecule has 0 spiro atoms. The van der Waals surface area contributed by atoms with Gasteiger partial charge in [-0.05, 0) is 33.1 Å². The highest BCUT2D eigenvalue weighted by Crippen LogP contribution is 2.18. The molecule has 0 heterocycles. The van der Waals surface area contributed by atoms with Crippen molar-refractivity contribution in [1.29, 1.82) is 0 Å². The maximum absolute atomic E-state index is 11.2. The lowest BCUT2D eigenvalue weighted by Gasteiger charge is -2.25. The summed E-state index contributed by atoms with van der Waals surface area (Å²) in [5.41, 5.74) is -0.539. The third kappa shape index (κ3) is 8.23. The van der Waals surface area contributed by atoms with Gasteiger partial charge in [-0.2, -0.15) is 0 Å². The van der Waals surface area contributed by atoms with Crippen LogP contribution in [0.1, 0.15) is 39.5 Å². The maximum Gasteiger partial charge on any atom is 0.407 e. The van der Waals surface area contributed by atoms with E-state index < -0.39 is 11.7 Å². The van der Waals surface area contributed by atoms with Gasteiger partial charge in [-0.3, -0.25) is 0 Å². The number of carbonyl (C=O) groups is 2. The van der Waals surface area contributed by atoms with Gasteiger partial charge >= 0.3 is 6.09 Å². The molecule has 5 heteroatoms. The molecule has 0 bridgehead atoms. The summed E-state index contributed by atoms with van der Waals surface area (Å²) >= 11 is 0. The second-order valence-corrected chi connectivity index (χ2v) is 4.21. The lowest BCUT2D eigenvalue weighted by molar-refractivity contribution is -0.108. The molecule has 1 amide bonds. The summed E-state index contributed by atoms with van der Waals surface area (Å²) in [6, 6.07) is 0. The van der Waals surface area contributed by atoms with Gasteiger partial charge in [0.1, 0.15) is 11.9 Å². The molecule has 0 aromatic heterocycles. The Morgan fingerprint density at radius 2 is 2.12 bits per heavy atom. The molecule has 0 fully saturated rings. The molecule has 94 valence electrons. The smallest absolute Gasteiger partial charge is 0.407 e. The van der Waals surface area contributed by atoms with Crippen LogP contribution in [0.3, 0.4) is 0 Å². The highest BCUT2D eigenvalue weighted by Gasteiger charge is 2.21. The lowest BCUT2D eigenvalue weighted by Crippen LogP contribution is -2.35. The molecular formula is C11H21NO4. The minimum atomic E-state index is -0.539. The molecule has 0 unspecified atom stereocenters. The summed E-state index contributed by atoms with van der Waals surface area (Å²) in [6.45, 7) is 3.74. The predicted octanol–water partition coefficient (Wildman–Crippen LogP) is 1.24. The number of carbonyl (C=O) groups excluding carboxylic acids is 2. The highest BCUT2D eigenvalue weighted by atomic mass is 16.6. The number of rotatable bonds is 8. The van der Waals surface area contributed by atoms with Crippen molar-refractivity contribution in [2.24, 2.45) is 0 Å². The third-order valence-corrected chi connectivity index (χ3v) is 2.10. The number of unbranched alkanes of at least 4 members (excludes halogenated alkanes) is 2. The highest BCUT2D eigenvalue weighted by molar-refractivity contribution is 5.67. The van der Waals surface area contributed by atoms with Crippen LogP contribution in [0.2, 0.25) is 0 Å². The fourth-order valence-electron chi connectivity index (χ4n) is 1.27. The van der Waals surface area contributed by atoms with E-state index in [1.54, 1.807) is 0 Å². The van der Waals surface area contributed by atoms with Crippen molar-refractivity contribution >= 4 is 12.4 Å². The van der Waals surface area contributed by atoms with E-state index in [1.807, 2.05) is 13.8 Å². The van der Waals surface area contributed by atoms with E-state index in [4.69, 9.17) is 9.84 Å². The van der Waals surface area contributed by atoms with Crippen molar-refractivity contribution in [2.75, 3.05) is 13.2 Å². The number of aliphatic hydroxyl groups is 1. The van der Waals surface area contributed by atoms with Gasteiger partial charge in [0.15, 0.2) is 0 Å². The largest absolute Gasteiger partial charge is 0.444 e. The van der Waals surface area contributed by atoms with Crippen LogP contribution in [0, 0.1) is 0 Å². The second-order valence-electron chi connectivity index (χ2n) is 4.21. The summed E-state index contributed by atoms with van der Waals surface area (Å²) in [4.78, 5) is 21.3. The first-order chi connectivity index (χ1) is 7.52. The number of hydrogen-bond acceptors (Lipinski definition) is 4. The van der Waals surface area contributed by atoms with Crippen LogP contribution in [0.25, 0.3) is 0 Å². The van der Waals surface area contributed by atoms with Gasteiger partial charge in [0.05, 0.1) is 6.61 Å². The average Bonchev–Trinajstić information content (AvgIpc) is 2.21. The van der Waals surface area contributed by atoms with Crippen LogP contribution in [0.5, 0.6) is 0 Å². The summed E-state index contributed by atoms with van der Waals surface area (Å²) in [7, 11) is 0. The standard InChI is InChI=1S/C11H21NO4/c1-11(2,6-4-3-5-8-13)16-10(15)12-7-9-14/h8,14H,3-7,9H2,1-2H3,(H,12,15). The summed E-state index contributed by atoms with van der Waals surface area (Å²) in [6.07, 6.45) is 3.30. The molecule has 0 aliphatic heterocycles. The zero-order chi connectivity index (χ0) is 12.4. The summed E-state index contributed by atoms with van der Waals surface area (Å²) in [5.74, 6) is 0. The van der Waals surface area contributed by atoms with Crippen molar-refractivity contribution in [1.82, 2.24) is 5.32 Å². The monoisotopic (exact) mass is 231 g/mol. The van der Waals surface area contributed by atoms with Crippen LogP contribution in [0.15, 0.2) is 0 Å².